The highest BCUT2D eigenvalue weighted by molar-refractivity contribution is 7.99. The molecular weight excluding hydrogens is 318 g/mol. The van der Waals surface area contributed by atoms with E-state index in [0.717, 1.165) is 22.4 Å². The standard InChI is InChI=1S/C14H17N5OS2/c1-3-19-13(11-6-4-9-21-11)16-17-14(19)22-10-12(20)18(2)8-5-7-15/h4,6,9H,3,5,8,10H2,1-2H3. The summed E-state index contributed by atoms with van der Waals surface area (Å²) in [7, 11) is 1.71. The molecule has 0 saturated heterocycles. The van der Waals surface area contributed by atoms with Gasteiger partial charge in [0, 0.05) is 20.1 Å². The van der Waals surface area contributed by atoms with E-state index in [1.165, 1.54) is 11.8 Å². The van der Waals surface area contributed by atoms with Crippen molar-refractivity contribution in [3.63, 3.8) is 0 Å². The molecule has 0 saturated carbocycles. The lowest BCUT2D eigenvalue weighted by atomic mass is 10.4. The van der Waals surface area contributed by atoms with Crippen LogP contribution in [0.2, 0.25) is 0 Å². The molecule has 0 bridgehead atoms. The van der Waals surface area contributed by atoms with Crippen LogP contribution in [0.3, 0.4) is 0 Å². The number of hydrogen-bond donors (Lipinski definition) is 0. The summed E-state index contributed by atoms with van der Waals surface area (Å²) in [4.78, 5) is 14.6. The molecule has 0 aliphatic heterocycles. The fourth-order valence-corrected chi connectivity index (χ4v) is 3.51. The first-order chi connectivity index (χ1) is 10.7. The first-order valence-electron chi connectivity index (χ1n) is 6.88. The van der Waals surface area contributed by atoms with Gasteiger partial charge in [-0.05, 0) is 18.4 Å². The van der Waals surface area contributed by atoms with Crippen molar-refractivity contribution < 1.29 is 4.79 Å². The maximum atomic E-state index is 12.0. The van der Waals surface area contributed by atoms with E-state index in [2.05, 4.69) is 10.2 Å². The van der Waals surface area contributed by atoms with E-state index in [4.69, 9.17) is 5.26 Å². The molecule has 0 radical (unpaired) electrons. The van der Waals surface area contributed by atoms with Crippen LogP contribution in [-0.2, 0) is 11.3 Å². The molecule has 22 heavy (non-hydrogen) atoms. The van der Waals surface area contributed by atoms with E-state index in [0.29, 0.717) is 18.7 Å². The third-order valence-electron chi connectivity index (χ3n) is 3.08. The second-order valence-electron chi connectivity index (χ2n) is 4.54. The summed E-state index contributed by atoms with van der Waals surface area (Å²) >= 11 is 3.00. The molecule has 0 aliphatic carbocycles. The van der Waals surface area contributed by atoms with Gasteiger partial charge in [0.1, 0.15) is 0 Å². The molecule has 2 aromatic rings. The van der Waals surface area contributed by atoms with Gasteiger partial charge in [-0.15, -0.1) is 21.5 Å². The number of hydrogen-bond acceptors (Lipinski definition) is 6. The minimum absolute atomic E-state index is 0.0106. The molecular formula is C14H17N5OS2. The number of rotatable bonds is 7. The smallest absolute Gasteiger partial charge is 0.232 e. The SMILES string of the molecule is CCn1c(SCC(=O)N(C)CCC#N)nnc1-c1cccs1. The van der Waals surface area contributed by atoms with Crippen molar-refractivity contribution in [1.82, 2.24) is 19.7 Å². The Morgan fingerprint density at radius 3 is 3.00 bits per heavy atom. The van der Waals surface area contributed by atoms with Crippen molar-refractivity contribution in [3.05, 3.63) is 17.5 Å². The Bertz CT molecular complexity index is 659. The van der Waals surface area contributed by atoms with Gasteiger partial charge >= 0.3 is 0 Å². The Kier molecular flexibility index (Phi) is 5.98. The normalized spacial score (nSPS) is 10.4. The van der Waals surface area contributed by atoms with E-state index in [9.17, 15) is 4.79 Å². The number of carbonyl (C=O) groups excluding carboxylic acids is 1. The Balaban J connectivity index is 2.02. The summed E-state index contributed by atoms with van der Waals surface area (Å²) < 4.78 is 2.01. The van der Waals surface area contributed by atoms with E-state index in [-0.39, 0.29) is 5.91 Å². The van der Waals surface area contributed by atoms with Gasteiger partial charge in [0.15, 0.2) is 11.0 Å². The van der Waals surface area contributed by atoms with E-state index in [1.54, 1.807) is 23.3 Å². The number of carbonyl (C=O) groups is 1. The quantitative estimate of drug-likeness (QED) is 0.727. The lowest BCUT2D eigenvalue weighted by Crippen LogP contribution is -2.29. The van der Waals surface area contributed by atoms with Crippen LogP contribution in [0.15, 0.2) is 22.7 Å². The summed E-state index contributed by atoms with van der Waals surface area (Å²) in [6.45, 7) is 3.24. The third-order valence-corrected chi connectivity index (χ3v) is 4.90. The number of amides is 1. The minimum atomic E-state index is -0.0106. The summed E-state index contributed by atoms with van der Waals surface area (Å²) in [6, 6.07) is 6.03. The highest BCUT2D eigenvalue weighted by atomic mass is 32.2. The van der Waals surface area contributed by atoms with Crippen molar-refractivity contribution in [3.8, 4) is 16.8 Å². The van der Waals surface area contributed by atoms with Gasteiger partial charge in [-0.1, -0.05) is 17.8 Å². The minimum Gasteiger partial charge on any atom is -0.344 e. The Labute approximate surface area is 137 Å². The number of nitrogens with zero attached hydrogens (tertiary/aromatic N) is 5. The number of thioether (sulfide) groups is 1. The molecule has 0 unspecified atom stereocenters. The highest BCUT2D eigenvalue weighted by Crippen LogP contribution is 2.27. The van der Waals surface area contributed by atoms with Crippen molar-refractivity contribution in [1.29, 1.82) is 5.26 Å². The topological polar surface area (TPSA) is 74.8 Å². The van der Waals surface area contributed by atoms with E-state index >= 15 is 0 Å². The molecule has 0 aliphatic rings. The molecule has 0 N–H and O–H groups in total. The maximum Gasteiger partial charge on any atom is 0.232 e. The van der Waals surface area contributed by atoms with Crippen LogP contribution in [0.5, 0.6) is 0 Å². The largest absolute Gasteiger partial charge is 0.344 e. The number of thiophene rings is 1. The summed E-state index contributed by atoms with van der Waals surface area (Å²) in [5.41, 5.74) is 0. The van der Waals surface area contributed by atoms with Gasteiger partial charge in [0.25, 0.3) is 0 Å². The Hall–Kier alpha value is -1.85. The van der Waals surface area contributed by atoms with Gasteiger partial charge in [-0.2, -0.15) is 5.26 Å². The van der Waals surface area contributed by atoms with Crippen LogP contribution >= 0.6 is 23.1 Å². The van der Waals surface area contributed by atoms with E-state index in [1.807, 2.05) is 35.1 Å². The monoisotopic (exact) mass is 335 g/mol. The predicted octanol–water partition coefficient (Wildman–Crippen LogP) is 2.49. The lowest BCUT2D eigenvalue weighted by molar-refractivity contribution is -0.127. The van der Waals surface area contributed by atoms with Gasteiger partial charge < -0.3 is 9.47 Å². The van der Waals surface area contributed by atoms with Crippen LogP contribution in [-0.4, -0.2) is 44.9 Å². The van der Waals surface area contributed by atoms with Gasteiger partial charge in [0.2, 0.25) is 5.91 Å². The zero-order valence-corrected chi connectivity index (χ0v) is 14.2. The molecule has 2 aromatic heterocycles. The molecule has 0 atom stereocenters. The molecule has 8 heteroatoms. The second kappa shape index (κ2) is 7.96. The molecule has 2 heterocycles. The average Bonchev–Trinajstić information content (AvgIpc) is 3.18. The Morgan fingerprint density at radius 1 is 1.55 bits per heavy atom. The summed E-state index contributed by atoms with van der Waals surface area (Å²) in [5, 5.41) is 19.7. The molecule has 6 nitrogen and oxygen atoms in total. The zero-order chi connectivity index (χ0) is 15.9. The van der Waals surface area contributed by atoms with Crippen LogP contribution in [0.1, 0.15) is 13.3 Å². The molecule has 0 spiro atoms. The van der Waals surface area contributed by atoms with Crippen molar-refractivity contribution in [2.45, 2.75) is 25.0 Å². The zero-order valence-electron chi connectivity index (χ0n) is 12.5. The van der Waals surface area contributed by atoms with Crippen LogP contribution in [0, 0.1) is 11.3 Å². The molecule has 116 valence electrons. The average molecular weight is 335 g/mol. The summed E-state index contributed by atoms with van der Waals surface area (Å²) in [6.07, 6.45) is 0.348. The predicted molar refractivity (Wildman–Crippen MR) is 87.6 cm³/mol. The van der Waals surface area contributed by atoms with Crippen LogP contribution < -0.4 is 0 Å². The fraction of sp³-hybridized carbons (Fsp3) is 0.429. The van der Waals surface area contributed by atoms with Crippen molar-refractivity contribution >= 4 is 29.0 Å². The van der Waals surface area contributed by atoms with Gasteiger partial charge in [-0.3, -0.25) is 4.79 Å². The van der Waals surface area contributed by atoms with Crippen molar-refractivity contribution in [2.24, 2.45) is 0 Å². The summed E-state index contributed by atoms with van der Waals surface area (Å²) in [5.74, 6) is 1.12. The molecule has 2 rings (SSSR count). The van der Waals surface area contributed by atoms with Gasteiger partial charge in [-0.25, -0.2) is 0 Å². The first-order valence-corrected chi connectivity index (χ1v) is 8.74. The first kappa shape index (κ1) is 16.5. The fourth-order valence-electron chi connectivity index (χ4n) is 1.85. The van der Waals surface area contributed by atoms with Crippen LogP contribution in [0.25, 0.3) is 10.7 Å². The molecule has 1 amide bonds. The number of nitriles is 1. The number of aromatic nitrogens is 3. The van der Waals surface area contributed by atoms with Gasteiger partial charge in [0.05, 0.1) is 23.1 Å². The second-order valence-corrected chi connectivity index (χ2v) is 6.43. The molecule has 0 aromatic carbocycles. The third kappa shape index (κ3) is 3.87. The molecule has 0 fully saturated rings. The van der Waals surface area contributed by atoms with Crippen molar-refractivity contribution in [2.75, 3.05) is 19.3 Å². The highest BCUT2D eigenvalue weighted by Gasteiger charge is 2.16. The van der Waals surface area contributed by atoms with E-state index < -0.39 is 0 Å². The van der Waals surface area contributed by atoms with Crippen LogP contribution in [0.4, 0.5) is 0 Å². The Morgan fingerprint density at radius 2 is 2.36 bits per heavy atom. The lowest BCUT2D eigenvalue weighted by Gasteiger charge is -2.14. The maximum absolute atomic E-state index is 12.0.